The van der Waals surface area contributed by atoms with Crippen LogP contribution in [0.1, 0.15) is 0 Å². The summed E-state index contributed by atoms with van der Waals surface area (Å²) in [6, 6.07) is 0. The van der Waals surface area contributed by atoms with Crippen molar-refractivity contribution < 1.29 is 9.84 Å². The molecule has 0 aliphatic carbocycles. The molecule has 0 atom stereocenters. The maximum absolute atomic E-state index is 8.45. The van der Waals surface area contributed by atoms with Crippen LogP contribution in [0.25, 0.3) is 0 Å². The number of hydrogen-bond acceptors (Lipinski definition) is 5. The lowest BCUT2D eigenvalue weighted by Gasteiger charge is -2.01. The fourth-order valence-electron chi connectivity index (χ4n) is 0.635. The average molecular weight is 186 g/mol. The Labute approximate surface area is 75.0 Å². The lowest BCUT2D eigenvalue weighted by Crippen LogP contribution is -2.03. The fraction of sp³-hybridized carbons (Fsp3) is 0.429. The van der Waals surface area contributed by atoms with E-state index in [-0.39, 0.29) is 13.2 Å². The van der Waals surface area contributed by atoms with E-state index in [9.17, 15) is 0 Å². The summed E-state index contributed by atoms with van der Waals surface area (Å²) in [7, 11) is 0. The minimum Gasteiger partial charge on any atom is -0.474 e. The van der Waals surface area contributed by atoms with Crippen LogP contribution in [0, 0.1) is 0 Å². The molecule has 0 aromatic carbocycles. The molecule has 4 nitrogen and oxygen atoms in total. The van der Waals surface area contributed by atoms with E-state index < -0.39 is 0 Å². The van der Waals surface area contributed by atoms with Gasteiger partial charge in [0.25, 0.3) is 0 Å². The van der Waals surface area contributed by atoms with Gasteiger partial charge in [-0.05, 0) is 6.26 Å². The second kappa shape index (κ2) is 4.95. The van der Waals surface area contributed by atoms with Crippen LogP contribution in [0.4, 0.5) is 0 Å². The molecule has 1 rings (SSSR count). The standard InChI is InChI=1S/C7H10N2O2S/c1-12-7-5-8-6(4-9-7)11-3-2-10/h4-5,10H,2-3H2,1H3. The van der Waals surface area contributed by atoms with Crippen molar-refractivity contribution in [3.05, 3.63) is 12.4 Å². The summed E-state index contributed by atoms with van der Waals surface area (Å²) in [4.78, 5) is 8.01. The van der Waals surface area contributed by atoms with Gasteiger partial charge in [-0.25, -0.2) is 9.97 Å². The molecule has 1 heterocycles. The van der Waals surface area contributed by atoms with E-state index in [0.29, 0.717) is 5.88 Å². The molecule has 0 bridgehead atoms. The van der Waals surface area contributed by atoms with E-state index in [1.54, 1.807) is 12.4 Å². The third kappa shape index (κ3) is 2.67. The molecule has 12 heavy (non-hydrogen) atoms. The lowest BCUT2D eigenvalue weighted by atomic mass is 10.7. The number of aliphatic hydroxyl groups is 1. The molecule has 0 radical (unpaired) electrons. The van der Waals surface area contributed by atoms with Crippen molar-refractivity contribution in [3.8, 4) is 5.88 Å². The molecule has 0 spiro atoms. The monoisotopic (exact) mass is 186 g/mol. The van der Waals surface area contributed by atoms with Gasteiger partial charge in [-0.15, -0.1) is 11.8 Å². The molecule has 66 valence electrons. The van der Waals surface area contributed by atoms with Crippen molar-refractivity contribution in [1.82, 2.24) is 9.97 Å². The Kier molecular flexibility index (Phi) is 3.83. The summed E-state index contributed by atoms with van der Waals surface area (Å²) in [6.45, 7) is 0.249. The number of aromatic nitrogens is 2. The number of thioether (sulfide) groups is 1. The van der Waals surface area contributed by atoms with Crippen LogP contribution in [-0.2, 0) is 0 Å². The quantitative estimate of drug-likeness (QED) is 0.697. The zero-order chi connectivity index (χ0) is 8.81. The zero-order valence-electron chi connectivity index (χ0n) is 6.73. The van der Waals surface area contributed by atoms with Crippen molar-refractivity contribution in [2.45, 2.75) is 5.03 Å². The number of ether oxygens (including phenoxy) is 1. The second-order valence-electron chi connectivity index (χ2n) is 1.97. The minimum absolute atomic E-state index is 0.00798. The summed E-state index contributed by atoms with van der Waals surface area (Å²) < 4.78 is 5.02. The van der Waals surface area contributed by atoms with E-state index in [0.717, 1.165) is 5.03 Å². The Bertz CT molecular complexity index is 227. The van der Waals surface area contributed by atoms with Crippen LogP contribution in [0.2, 0.25) is 0 Å². The summed E-state index contributed by atoms with van der Waals surface area (Å²) in [6.07, 6.45) is 5.11. The Morgan fingerprint density at radius 1 is 1.50 bits per heavy atom. The van der Waals surface area contributed by atoms with E-state index in [2.05, 4.69) is 9.97 Å². The maximum Gasteiger partial charge on any atom is 0.232 e. The molecule has 0 aliphatic heterocycles. The van der Waals surface area contributed by atoms with Gasteiger partial charge in [0.05, 0.1) is 19.0 Å². The van der Waals surface area contributed by atoms with Crippen molar-refractivity contribution in [2.75, 3.05) is 19.5 Å². The molecule has 0 aliphatic rings. The van der Waals surface area contributed by atoms with Crippen molar-refractivity contribution >= 4 is 11.8 Å². The molecular formula is C7H10N2O2S. The van der Waals surface area contributed by atoms with Gasteiger partial charge < -0.3 is 9.84 Å². The van der Waals surface area contributed by atoms with Crippen LogP contribution in [0.5, 0.6) is 5.88 Å². The van der Waals surface area contributed by atoms with Crippen LogP contribution >= 0.6 is 11.8 Å². The average Bonchev–Trinajstić information content (AvgIpc) is 2.15. The Hall–Kier alpha value is -0.810. The van der Waals surface area contributed by atoms with Gasteiger partial charge in [-0.2, -0.15) is 0 Å². The molecule has 1 N–H and O–H groups in total. The van der Waals surface area contributed by atoms with Crippen LogP contribution in [-0.4, -0.2) is 34.5 Å². The smallest absolute Gasteiger partial charge is 0.232 e. The van der Waals surface area contributed by atoms with Crippen molar-refractivity contribution in [2.24, 2.45) is 0 Å². The highest BCUT2D eigenvalue weighted by Gasteiger charge is 1.95. The van der Waals surface area contributed by atoms with Gasteiger partial charge in [0.2, 0.25) is 5.88 Å². The molecule has 1 aromatic heterocycles. The molecule has 0 saturated carbocycles. The maximum atomic E-state index is 8.45. The molecule has 0 fully saturated rings. The fourth-order valence-corrected chi connectivity index (χ4v) is 0.951. The Balaban J connectivity index is 2.53. The summed E-state index contributed by atoms with van der Waals surface area (Å²) in [5.74, 6) is 0.446. The van der Waals surface area contributed by atoms with Gasteiger partial charge >= 0.3 is 0 Å². The van der Waals surface area contributed by atoms with Crippen LogP contribution < -0.4 is 4.74 Å². The predicted octanol–water partition coefficient (Wildman–Crippen LogP) is 0.570. The first-order valence-electron chi connectivity index (χ1n) is 3.46. The summed E-state index contributed by atoms with van der Waals surface area (Å²) in [5.41, 5.74) is 0. The van der Waals surface area contributed by atoms with E-state index in [4.69, 9.17) is 9.84 Å². The normalized spacial score (nSPS) is 9.83. The van der Waals surface area contributed by atoms with Crippen molar-refractivity contribution in [3.63, 3.8) is 0 Å². The summed E-state index contributed by atoms with van der Waals surface area (Å²) in [5, 5.41) is 9.30. The highest BCUT2D eigenvalue weighted by atomic mass is 32.2. The third-order valence-electron chi connectivity index (χ3n) is 1.15. The molecule has 0 unspecified atom stereocenters. The summed E-state index contributed by atoms with van der Waals surface area (Å²) >= 11 is 1.52. The molecular weight excluding hydrogens is 176 g/mol. The van der Waals surface area contributed by atoms with Gasteiger partial charge in [0.1, 0.15) is 11.6 Å². The predicted molar refractivity (Wildman–Crippen MR) is 46.4 cm³/mol. The van der Waals surface area contributed by atoms with E-state index in [1.807, 2.05) is 6.26 Å². The molecule has 5 heteroatoms. The van der Waals surface area contributed by atoms with Crippen LogP contribution in [0.3, 0.4) is 0 Å². The topological polar surface area (TPSA) is 55.2 Å². The zero-order valence-corrected chi connectivity index (χ0v) is 7.54. The highest BCUT2D eigenvalue weighted by molar-refractivity contribution is 7.98. The molecule has 0 saturated heterocycles. The number of aliphatic hydroxyl groups excluding tert-OH is 1. The number of nitrogens with zero attached hydrogens (tertiary/aromatic N) is 2. The minimum atomic E-state index is -0.00798. The molecule has 1 aromatic rings. The SMILES string of the molecule is CSc1cnc(OCCO)cn1. The second-order valence-corrected chi connectivity index (χ2v) is 2.80. The lowest BCUT2D eigenvalue weighted by molar-refractivity contribution is 0.196. The Morgan fingerprint density at radius 3 is 2.83 bits per heavy atom. The largest absolute Gasteiger partial charge is 0.474 e. The first-order chi connectivity index (χ1) is 5.86. The van der Waals surface area contributed by atoms with E-state index >= 15 is 0 Å². The highest BCUT2D eigenvalue weighted by Crippen LogP contribution is 2.11. The first kappa shape index (κ1) is 9.28. The van der Waals surface area contributed by atoms with E-state index in [1.165, 1.54) is 11.8 Å². The third-order valence-corrected chi connectivity index (χ3v) is 1.78. The van der Waals surface area contributed by atoms with Crippen molar-refractivity contribution in [1.29, 1.82) is 0 Å². The van der Waals surface area contributed by atoms with Gasteiger partial charge in [-0.1, -0.05) is 0 Å². The molecule has 0 amide bonds. The van der Waals surface area contributed by atoms with Gasteiger partial charge in [-0.3, -0.25) is 0 Å². The number of rotatable bonds is 4. The van der Waals surface area contributed by atoms with Gasteiger partial charge in [0.15, 0.2) is 0 Å². The first-order valence-corrected chi connectivity index (χ1v) is 4.69. The van der Waals surface area contributed by atoms with Crippen LogP contribution in [0.15, 0.2) is 17.4 Å². The van der Waals surface area contributed by atoms with Gasteiger partial charge in [0, 0.05) is 0 Å². The Morgan fingerprint density at radius 2 is 2.33 bits per heavy atom. The number of hydrogen-bond donors (Lipinski definition) is 1.